The number of hydrogen-bond acceptors (Lipinski definition) is 4. The van der Waals surface area contributed by atoms with Crippen LogP contribution in [-0.2, 0) is 4.74 Å². The lowest BCUT2D eigenvalue weighted by molar-refractivity contribution is 0.191. The van der Waals surface area contributed by atoms with Crippen molar-refractivity contribution in [2.75, 3.05) is 25.3 Å². The Morgan fingerprint density at radius 1 is 1.53 bits per heavy atom. The average Bonchev–Trinajstić information content (AvgIpc) is 2.27. The minimum atomic E-state index is 0.387. The van der Waals surface area contributed by atoms with Crippen LogP contribution in [0.15, 0.2) is 23.2 Å². The zero-order valence-electron chi connectivity index (χ0n) is 9.49. The number of hydrogen-bond donors (Lipinski definition) is 1. The quantitative estimate of drug-likeness (QED) is 0.756. The van der Waals surface area contributed by atoms with Crippen LogP contribution in [0.25, 0.3) is 0 Å². The molecule has 15 heavy (non-hydrogen) atoms. The van der Waals surface area contributed by atoms with Crippen molar-refractivity contribution in [2.24, 2.45) is 0 Å². The summed E-state index contributed by atoms with van der Waals surface area (Å²) in [7, 11) is 1.72. The Morgan fingerprint density at radius 2 is 2.33 bits per heavy atom. The Hall–Kier alpha value is -0.740. The fraction of sp³-hybridized carbons (Fsp3) is 0.545. The van der Waals surface area contributed by atoms with Crippen molar-refractivity contribution >= 4 is 17.6 Å². The molecule has 0 aliphatic carbocycles. The number of ether oxygens (including phenoxy) is 1. The van der Waals surface area contributed by atoms with Crippen LogP contribution < -0.4 is 5.32 Å². The predicted molar refractivity (Wildman–Crippen MR) is 65.6 cm³/mol. The number of rotatable bonds is 6. The van der Waals surface area contributed by atoms with Crippen molar-refractivity contribution in [1.82, 2.24) is 4.98 Å². The number of pyridine rings is 1. The molecule has 1 atom stereocenters. The minimum Gasteiger partial charge on any atom is -0.385 e. The molecule has 1 rings (SSSR count). The van der Waals surface area contributed by atoms with E-state index in [0.29, 0.717) is 6.04 Å². The molecule has 1 N–H and O–H groups in total. The van der Waals surface area contributed by atoms with E-state index in [-0.39, 0.29) is 0 Å². The Morgan fingerprint density at radius 3 is 2.87 bits per heavy atom. The molecule has 1 aromatic heterocycles. The van der Waals surface area contributed by atoms with Gasteiger partial charge in [0.05, 0.1) is 0 Å². The van der Waals surface area contributed by atoms with E-state index in [1.165, 1.54) is 4.90 Å². The highest BCUT2D eigenvalue weighted by atomic mass is 32.2. The zero-order valence-corrected chi connectivity index (χ0v) is 10.3. The zero-order chi connectivity index (χ0) is 11.1. The molecule has 84 valence electrons. The van der Waals surface area contributed by atoms with Crippen LogP contribution in [0.5, 0.6) is 0 Å². The van der Waals surface area contributed by atoms with Crippen molar-refractivity contribution in [3.8, 4) is 0 Å². The van der Waals surface area contributed by atoms with E-state index in [4.69, 9.17) is 4.74 Å². The van der Waals surface area contributed by atoms with Gasteiger partial charge in [-0.1, -0.05) is 0 Å². The Bertz CT molecular complexity index is 276. The molecule has 1 heterocycles. The SMILES string of the molecule is COCCC(C)Nc1ccc(SC)cn1. The normalized spacial score (nSPS) is 12.5. The van der Waals surface area contributed by atoms with Gasteiger partial charge in [0.2, 0.25) is 0 Å². The van der Waals surface area contributed by atoms with Crippen LogP contribution in [0, 0.1) is 0 Å². The van der Waals surface area contributed by atoms with Crippen LogP contribution in [0.2, 0.25) is 0 Å². The van der Waals surface area contributed by atoms with Gasteiger partial charge in [-0.2, -0.15) is 0 Å². The molecule has 0 amide bonds. The average molecular weight is 226 g/mol. The van der Waals surface area contributed by atoms with E-state index >= 15 is 0 Å². The summed E-state index contributed by atoms with van der Waals surface area (Å²) in [6, 6.07) is 4.47. The molecule has 0 saturated carbocycles. The predicted octanol–water partition coefficient (Wildman–Crippen LogP) is 2.64. The molecule has 0 aliphatic rings. The molecule has 4 heteroatoms. The number of nitrogens with one attached hydrogen (secondary N) is 1. The van der Waals surface area contributed by atoms with Gasteiger partial charge < -0.3 is 10.1 Å². The lowest BCUT2D eigenvalue weighted by Gasteiger charge is -2.13. The first kappa shape index (κ1) is 12.3. The second-order valence-corrected chi connectivity index (χ2v) is 4.29. The highest BCUT2D eigenvalue weighted by Crippen LogP contribution is 2.15. The van der Waals surface area contributed by atoms with Gasteiger partial charge in [-0.05, 0) is 31.7 Å². The van der Waals surface area contributed by atoms with E-state index in [1.807, 2.05) is 18.5 Å². The molecule has 1 unspecified atom stereocenters. The van der Waals surface area contributed by atoms with Crippen LogP contribution in [0.3, 0.4) is 0 Å². The number of methoxy groups -OCH3 is 1. The molecule has 0 radical (unpaired) electrons. The highest BCUT2D eigenvalue weighted by Gasteiger charge is 2.02. The molecule has 3 nitrogen and oxygen atoms in total. The maximum atomic E-state index is 5.02. The van der Waals surface area contributed by atoms with Gasteiger partial charge in [-0.15, -0.1) is 11.8 Å². The largest absolute Gasteiger partial charge is 0.385 e. The summed E-state index contributed by atoms with van der Waals surface area (Å²) < 4.78 is 5.02. The minimum absolute atomic E-state index is 0.387. The number of anilines is 1. The Kier molecular flexibility index (Phi) is 5.50. The van der Waals surface area contributed by atoms with Crippen molar-refractivity contribution < 1.29 is 4.74 Å². The number of nitrogens with zero attached hydrogens (tertiary/aromatic N) is 1. The van der Waals surface area contributed by atoms with Crippen molar-refractivity contribution in [3.05, 3.63) is 18.3 Å². The van der Waals surface area contributed by atoms with Crippen molar-refractivity contribution in [1.29, 1.82) is 0 Å². The molecule has 0 saturated heterocycles. The Labute approximate surface area is 95.6 Å². The lowest BCUT2D eigenvalue weighted by Crippen LogP contribution is -2.17. The Balaban J connectivity index is 2.42. The summed E-state index contributed by atoms with van der Waals surface area (Å²) in [5.74, 6) is 0.927. The van der Waals surface area contributed by atoms with E-state index in [0.717, 1.165) is 18.8 Å². The molecule has 0 fully saturated rings. The number of thioether (sulfide) groups is 1. The third-order valence-electron chi connectivity index (χ3n) is 2.12. The monoisotopic (exact) mass is 226 g/mol. The maximum absolute atomic E-state index is 5.02. The summed E-state index contributed by atoms with van der Waals surface area (Å²) in [4.78, 5) is 5.51. The lowest BCUT2D eigenvalue weighted by atomic mass is 10.2. The van der Waals surface area contributed by atoms with Gasteiger partial charge >= 0.3 is 0 Å². The number of aromatic nitrogens is 1. The standard InChI is InChI=1S/C11H18N2OS/c1-9(6-7-14-2)13-11-5-4-10(15-3)8-12-11/h4-5,8-9H,6-7H2,1-3H3,(H,12,13). The molecule has 0 bridgehead atoms. The third kappa shape index (κ3) is 4.53. The van der Waals surface area contributed by atoms with Crippen LogP contribution in [0.1, 0.15) is 13.3 Å². The van der Waals surface area contributed by atoms with Gasteiger partial charge in [0, 0.05) is 30.9 Å². The molecule has 1 aromatic rings. The van der Waals surface area contributed by atoms with Crippen molar-refractivity contribution in [2.45, 2.75) is 24.3 Å². The molecule has 0 spiro atoms. The first-order valence-corrected chi connectivity index (χ1v) is 6.24. The van der Waals surface area contributed by atoms with Gasteiger partial charge in [-0.3, -0.25) is 0 Å². The third-order valence-corrected chi connectivity index (χ3v) is 2.83. The smallest absolute Gasteiger partial charge is 0.126 e. The molecular formula is C11H18N2OS. The first-order chi connectivity index (χ1) is 7.26. The first-order valence-electron chi connectivity index (χ1n) is 5.01. The molecular weight excluding hydrogens is 208 g/mol. The van der Waals surface area contributed by atoms with E-state index in [2.05, 4.69) is 23.3 Å². The summed E-state index contributed by atoms with van der Waals surface area (Å²) in [5, 5.41) is 3.33. The summed E-state index contributed by atoms with van der Waals surface area (Å²) in [6.07, 6.45) is 4.92. The summed E-state index contributed by atoms with van der Waals surface area (Å²) in [5.41, 5.74) is 0. The summed E-state index contributed by atoms with van der Waals surface area (Å²) >= 11 is 1.70. The fourth-order valence-corrected chi connectivity index (χ4v) is 1.57. The second kappa shape index (κ2) is 6.69. The van der Waals surface area contributed by atoms with Gasteiger partial charge in [-0.25, -0.2) is 4.98 Å². The van der Waals surface area contributed by atoms with Crippen molar-refractivity contribution in [3.63, 3.8) is 0 Å². The molecule has 0 aliphatic heterocycles. The summed E-state index contributed by atoms with van der Waals surface area (Å²) in [6.45, 7) is 2.90. The topological polar surface area (TPSA) is 34.1 Å². The van der Waals surface area contributed by atoms with E-state index in [9.17, 15) is 0 Å². The second-order valence-electron chi connectivity index (χ2n) is 3.41. The van der Waals surface area contributed by atoms with Gasteiger partial charge in [0.15, 0.2) is 0 Å². The van der Waals surface area contributed by atoms with E-state index in [1.54, 1.807) is 18.9 Å². The maximum Gasteiger partial charge on any atom is 0.126 e. The molecule has 0 aromatic carbocycles. The fourth-order valence-electron chi connectivity index (χ4n) is 1.21. The highest BCUT2D eigenvalue weighted by molar-refractivity contribution is 7.98. The van der Waals surface area contributed by atoms with Crippen LogP contribution in [0.4, 0.5) is 5.82 Å². The van der Waals surface area contributed by atoms with Crippen LogP contribution in [-0.4, -0.2) is 31.0 Å². The van der Waals surface area contributed by atoms with Crippen LogP contribution >= 0.6 is 11.8 Å². The van der Waals surface area contributed by atoms with Gasteiger partial charge in [0.25, 0.3) is 0 Å². The van der Waals surface area contributed by atoms with E-state index < -0.39 is 0 Å². The van der Waals surface area contributed by atoms with Gasteiger partial charge in [0.1, 0.15) is 5.82 Å².